The molecule has 1 aliphatic heterocycles. The molecular formula is C26H29N3O3S. The molecule has 2 aromatic rings. The number of para-hydroxylation sites is 2. The Labute approximate surface area is 200 Å². The van der Waals surface area contributed by atoms with Gasteiger partial charge in [0, 0.05) is 24.2 Å². The van der Waals surface area contributed by atoms with E-state index in [1.807, 2.05) is 48.2 Å². The number of allylic oxidation sites excluding steroid dienone is 1. The molecule has 33 heavy (non-hydrogen) atoms. The second-order valence-corrected chi connectivity index (χ2v) is 9.58. The fourth-order valence-corrected chi connectivity index (χ4v) is 5.03. The lowest BCUT2D eigenvalue weighted by atomic mass is 9.73. The van der Waals surface area contributed by atoms with Crippen molar-refractivity contribution in [2.45, 2.75) is 39.7 Å². The Balaban J connectivity index is 1.95. The molecular weight excluding hydrogens is 434 g/mol. The number of fused-ring (bicyclic) bond motifs is 1. The average molecular weight is 464 g/mol. The lowest BCUT2D eigenvalue weighted by Crippen LogP contribution is -2.44. The van der Waals surface area contributed by atoms with Crippen molar-refractivity contribution in [2.24, 2.45) is 5.41 Å². The molecule has 0 saturated heterocycles. The highest BCUT2D eigenvalue weighted by Gasteiger charge is 2.42. The number of hydrogen-bond donors (Lipinski definition) is 2. The van der Waals surface area contributed by atoms with Gasteiger partial charge in [-0.05, 0) is 60.8 Å². The maximum Gasteiger partial charge on any atom is 0.337 e. The molecule has 1 atom stereocenters. The summed E-state index contributed by atoms with van der Waals surface area (Å²) in [6.07, 6.45) is 1.21. The number of rotatable bonds is 3. The van der Waals surface area contributed by atoms with E-state index in [0.717, 1.165) is 34.6 Å². The van der Waals surface area contributed by atoms with Gasteiger partial charge in [-0.15, -0.1) is 0 Å². The van der Waals surface area contributed by atoms with Gasteiger partial charge < -0.3 is 20.3 Å². The van der Waals surface area contributed by atoms with E-state index in [9.17, 15) is 9.59 Å². The Morgan fingerprint density at radius 3 is 2.55 bits per heavy atom. The second kappa shape index (κ2) is 8.98. The molecule has 1 heterocycles. The zero-order valence-electron chi connectivity index (χ0n) is 19.4. The molecule has 2 aromatic carbocycles. The smallest absolute Gasteiger partial charge is 0.337 e. The van der Waals surface area contributed by atoms with Crippen LogP contribution in [0.4, 0.5) is 11.4 Å². The van der Waals surface area contributed by atoms with Crippen LogP contribution in [0.5, 0.6) is 0 Å². The Bertz CT molecular complexity index is 1140. The van der Waals surface area contributed by atoms with Gasteiger partial charge in [0.05, 0.1) is 30.1 Å². The fourth-order valence-electron chi connectivity index (χ4n) is 4.68. The summed E-state index contributed by atoms with van der Waals surface area (Å²) in [5, 5.41) is 7.38. The number of hydrogen-bond acceptors (Lipinski definition) is 5. The third kappa shape index (κ3) is 4.37. The van der Waals surface area contributed by atoms with Crippen molar-refractivity contribution in [3.8, 4) is 0 Å². The average Bonchev–Trinajstić information content (AvgIpc) is 2.92. The van der Waals surface area contributed by atoms with Crippen LogP contribution < -0.4 is 15.5 Å². The van der Waals surface area contributed by atoms with E-state index in [-0.39, 0.29) is 11.2 Å². The van der Waals surface area contributed by atoms with E-state index in [4.69, 9.17) is 17.0 Å². The topological polar surface area (TPSA) is 70.7 Å². The van der Waals surface area contributed by atoms with Crippen LogP contribution in [0.1, 0.15) is 55.6 Å². The predicted molar refractivity (Wildman–Crippen MR) is 134 cm³/mol. The maximum atomic E-state index is 13.6. The summed E-state index contributed by atoms with van der Waals surface area (Å²) in [7, 11) is 1.36. The van der Waals surface area contributed by atoms with Crippen molar-refractivity contribution in [3.05, 3.63) is 70.9 Å². The molecule has 0 bridgehead atoms. The summed E-state index contributed by atoms with van der Waals surface area (Å²) in [5.74, 6) is -0.294. The summed E-state index contributed by atoms with van der Waals surface area (Å²) >= 11 is 5.83. The van der Waals surface area contributed by atoms with Gasteiger partial charge in [-0.2, -0.15) is 0 Å². The standard InChI is InChI=1S/C26H29N3O3S/c1-5-27-25(33)29-20-9-7-6-8-18(20)28-19-14-26(2,3)15-21(30)22(19)23(29)16-10-12-17(13-11-16)24(31)32-4/h6-13,23,28H,5,14-15H2,1-4H3,(H,27,33)/t23-/m0/s1. The van der Waals surface area contributed by atoms with Crippen molar-refractivity contribution < 1.29 is 14.3 Å². The number of methoxy groups -OCH3 is 1. The van der Waals surface area contributed by atoms with Gasteiger partial charge in [-0.1, -0.05) is 38.1 Å². The van der Waals surface area contributed by atoms with Gasteiger partial charge in [0.1, 0.15) is 0 Å². The molecule has 2 aliphatic rings. The number of thiocarbonyl (C=S) groups is 1. The van der Waals surface area contributed by atoms with E-state index in [2.05, 4.69) is 24.5 Å². The third-order valence-corrected chi connectivity index (χ3v) is 6.44. The van der Waals surface area contributed by atoms with E-state index in [1.165, 1.54) is 7.11 Å². The number of nitrogens with one attached hydrogen (secondary N) is 2. The van der Waals surface area contributed by atoms with Gasteiger partial charge in [-0.25, -0.2) is 4.79 Å². The normalized spacial score (nSPS) is 19.1. The van der Waals surface area contributed by atoms with Crippen molar-refractivity contribution in [3.63, 3.8) is 0 Å². The van der Waals surface area contributed by atoms with Crippen LogP contribution in [0.2, 0.25) is 0 Å². The molecule has 6 nitrogen and oxygen atoms in total. The highest BCUT2D eigenvalue weighted by atomic mass is 32.1. The van der Waals surface area contributed by atoms with E-state index < -0.39 is 12.0 Å². The summed E-state index contributed by atoms with van der Waals surface area (Å²) in [5.41, 5.74) is 4.63. The minimum Gasteiger partial charge on any atom is -0.465 e. The Morgan fingerprint density at radius 2 is 1.88 bits per heavy atom. The first kappa shape index (κ1) is 23.0. The molecule has 0 amide bonds. The van der Waals surface area contributed by atoms with Gasteiger partial charge >= 0.3 is 5.97 Å². The zero-order chi connectivity index (χ0) is 23.8. The Hall–Kier alpha value is -3.19. The molecule has 0 radical (unpaired) electrons. The van der Waals surface area contributed by atoms with Crippen molar-refractivity contribution in [2.75, 3.05) is 23.9 Å². The van der Waals surface area contributed by atoms with E-state index in [0.29, 0.717) is 23.6 Å². The predicted octanol–water partition coefficient (Wildman–Crippen LogP) is 4.98. The Kier molecular flexibility index (Phi) is 6.26. The number of ketones is 1. The number of anilines is 2. The third-order valence-electron chi connectivity index (χ3n) is 6.10. The van der Waals surface area contributed by atoms with Crippen LogP contribution in [0.15, 0.2) is 59.8 Å². The molecule has 0 spiro atoms. The molecule has 1 aliphatic carbocycles. The first-order valence-corrected chi connectivity index (χ1v) is 11.5. The summed E-state index contributed by atoms with van der Waals surface area (Å²) in [6.45, 7) is 6.89. The van der Waals surface area contributed by atoms with Crippen LogP contribution >= 0.6 is 12.2 Å². The lowest BCUT2D eigenvalue weighted by Gasteiger charge is -2.38. The van der Waals surface area contributed by atoms with Crippen molar-refractivity contribution in [1.82, 2.24) is 5.32 Å². The number of Topliss-reactive ketones (excluding diaryl/α,β-unsaturated/α-hetero) is 1. The number of ether oxygens (including phenoxy) is 1. The van der Waals surface area contributed by atoms with Crippen molar-refractivity contribution >= 4 is 40.5 Å². The summed E-state index contributed by atoms with van der Waals surface area (Å²) in [6, 6.07) is 14.8. The zero-order valence-corrected chi connectivity index (χ0v) is 20.2. The highest BCUT2D eigenvalue weighted by molar-refractivity contribution is 7.80. The quantitative estimate of drug-likeness (QED) is 0.491. The molecule has 172 valence electrons. The molecule has 7 heteroatoms. The highest BCUT2D eigenvalue weighted by Crippen LogP contribution is 2.48. The molecule has 0 unspecified atom stereocenters. The lowest BCUT2D eigenvalue weighted by molar-refractivity contribution is -0.118. The van der Waals surface area contributed by atoms with Crippen LogP contribution in [0, 0.1) is 5.41 Å². The van der Waals surface area contributed by atoms with Gasteiger partial charge in [-0.3, -0.25) is 4.79 Å². The van der Waals surface area contributed by atoms with Crippen molar-refractivity contribution in [1.29, 1.82) is 0 Å². The minimum absolute atomic E-state index is 0.105. The molecule has 0 saturated carbocycles. The van der Waals surface area contributed by atoms with Crippen LogP contribution in [0.25, 0.3) is 0 Å². The van der Waals surface area contributed by atoms with Crippen LogP contribution in [-0.4, -0.2) is 30.5 Å². The monoisotopic (exact) mass is 463 g/mol. The number of nitrogens with zero attached hydrogens (tertiary/aromatic N) is 1. The molecule has 0 fully saturated rings. The number of carbonyl (C=O) groups excluding carboxylic acids is 2. The number of esters is 1. The molecule has 2 N–H and O–H groups in total. The molecule has 0 aromatic heterocycles. The minimum atomic E-state index is -0.432. The first-order valence-electron chi connectivity index (χ1n) is 11.1. The molecule has 4 rings (SSSR count). The SMILES string of the molecule is CCNC(=S)N1c2ccccc2NC2=C(C(=O)CC(C)(C)C2)[C@@H]1c1ccc(C(=O)OC)cc1. The maximum absolute atomic E-state index is 13.6. The summed E-state index contributed by atoms with van der Waals surface area (Å²) in [4.78, 5) is 27.6. The van der Waals surface area contributed by atoms with Gasteiger partial charge in [0.25, 0.3) is 0 Å². The van der Waals surface area contributed by atoms with E-state index in [1.54, 1.807) is 12.1 Å². The van der Waals surface area contributed by atoms with Crippen LogP contribution in [-0.2, 0) is 9.53 Å². The first-order chi connectivity index (χ1) is 15.8. The van der Waals surface area contributed by atoms with Crippen LogP contribution in [0.3, 0.4) is 0 Å². The second-order valence-electron chi connectivity index (χ2n) is 9.20. The fraction of sp³-hybridized carbons (Fsp3) is 0.346. The number of carbonyl (C=O) groups is 2. The largest absolute Gasteiger partial charge is 0.465 e. The summed E-state index contributed by atoms with van der Waals surface area (Å²) < 4.78 is 4.85. The van der Waals surface area contributed by atoms with Gasteiger partial charge in [0.2, 0.25) is 0 Å². The Morgan fingerprint density at radius 1 is 1.18 bits per heavy atom. The van der Waals surface area contributed by atoms with E-state index >= 15 is 0 Å². The van der Waals surface area contributed by atoms with Gasteiger partial charge in [0.15, 0.2) is 10.9 Å². The number of benzene rings is 2.